The molecule has 1 aliphatic rings. The van der Waals surface area contributed by atoms with E-state index in [2.05, 4.69) is 26.2 Å². The van der Waals surface area contributed by atoms with Crippen LogP contribution in [0.2, 0.25) is 0 Å². The molecule has 1 aromatic heterocycles. The van der Waals surface area contributed by atoms with Crippen molar-refractivity contribution >= 4 is 15.9 Å². The molecule has 0 aliphatic heterocycles. The lowest BCUT2D eigenvalue weighted by Gasteiger charge is -2.16. The summed E-state index contributed by atoms with van der Waals surface area (Å²) in [5.41, 5.74) is 1.12. The van der Waals surface area contributed by atoms with Gasteiger partial charge in [-0.1, -0.05) is 18.1 Å². The topological polar surface area (TPSA) is 50.9 Å². The average Bonchev–Trinajstić information content (AvgIpc) is 2.40. The van der Waals surface area contributed by atoms with Gasteiger partial charge < -0.3 is 5.11 Å². The lowest BCUT2D eigenvalue weighted by Crippen LogP contribution is -2.12. The zero-order valence-electron chi connectivity index (χ0n) is 8.86. The van der Waals surface area contributed by atoms with Gasteiger partial charge >= 0.3 is 0 Å². The highest BCUT2D eigenvalue weighted by molar-refractivity contribution is 9.10. The predicted octanol–water partition coefficient (Wildman–Crippen LogP) is 1.99. The maximum atomic E-state index is 9.77. The number of aromatic nitrogens is 3. The largest absolute Gasteiger partial charge is 0.393 e. The molecule has 1 aromatic rings. The van der Waals surface area contributed by atoms with Crippen LogP contribution >= 0.6 is 15.9 Å². The van der Waals surface area contributed by atoms with Gasteiger partial charge in [0, 0.05) is 13.0 Å². The van der Waals surface area contributed by atoms with Crippen LogP contribution in [-0.2, 0) is 7.05 Å². The van der Waals surface area contributed by atoms with Crippen LogP contribution in [0.4, 0.5) is 0 Å². The molecule has 15 heavy (non-hydrogen) atoms. The first kappa shape index (κ1) is 11.1. The molecule has 1 fully saturated rings. The molecule has 84 valence electrons. The summed E-state index contributed by atoms with van der Waals surface area (Å²) in [5.74, 6) is 0.386. The first-order chi connectivity index (χ1) is 7.18. The summed E-state index contributed by atoms with van der Waals surface area (Å²) in [6.07, 6.45) is 5.02. The third-order valence-corrected chi connectivity index (χ3v) is 3.67. The highest BCUT2D eigenvalue weighted by atomic mass is 79.9. The highest BCUT2D eigenvalue weighted by Gasteiger charge is 2.24. The van der Waals surface area contributed by atoms with Crippen molar-refractivity contribution in [2.24, 2.45) is 7.05 Å². The lowest BCUT2D eigenvalue weighted by atomic mass is 9.96. The van der Waals surface area contributed by atoms with E-state index in [1.54, 1.807) is 0 Å². The summed E-state index contributed by atoms with van der Waals surface area (Å²) in [7, 11) is 1.91. The van der Waals surface area contributed by atoms with E-state index in [0.717, 1.165) is 36.0 Å². The Morgan fingerprint density at radius 3 is 2.80 bits per heavy atom. The zero-order valence-corrected chi connectivity index (χ0v) is 10.4. The van der Waals surface area contributed by atoms with Gasteiger partial charge in [0.2, 0.25) is 0 Å². The van der Waals surface area contributed by atoms with Crippen LogP contribution in [-0.4, -0.2) is 26.2 Å². The SMILES string of the molecule is Cn1nnc(Br)c1C1CCCCC(O)C1. The second kappa shape index (κ2) is 4.61. The van der Waals surface area contributed by atoms with Gasteiger partial charge in [-0.25, -0.2) is 0 Å². The maximum Gasteiger partial charge on any atom is 0.151 e. The first-order valence-electron chi connectivity index (χ1n) is 5.41. The minimum Gasteiger partial charge on any atom is -0.393 e. The van der Waals surface area contributed by atoms with Crippen LogP contribution < -0.4 is 0 Å². The molecule has 1 N–H and O–H groups in total. The van der Waals surface area contributed by atoms with Gasteiger partial charge in [-0.3, -0.25) is 4.68 Å². The van der Waals surface area contributed by atoms with Crippen molar-refractivity contribution in [3.8, 4) is 0 Å². The third-order valence-electron chi connectivity index (χ3n) is 3.11. The number of aliphatic hydroxyl groups excluding tert-OH is 1. The maximum absolute atomic E-state index is 9.77. The fourth-order valence-corrected chi connectivity index (χ4v) is 3.01. The van der Waals surface area contributed by atoms with Gasteiger partial charge in [0.1, 0.15) is 0 Å². The molecule has 0 amide bonds. The van der Waals surface area contributed by atoms with E-state index >= 15 is 0 Å². The molecule has 1 saturated carbocycles. The molecule has 0 bridgehead atoms. The van der Waals surface area contributed by atoms with Crippen molar-refractivity contribution in [3.05, 3.63) is 10.3 Å². The molecule has 2 unspecified atom stereocenters. The minimum atomic E-state index is -0.167. The number of hydrogen-bond acceptors (Lipinski definition) is 3. The van der Waals surface area contributed by atoms with Crippen LogP contribution in [0.5, 0.6) is 0 Å². The van der Waals surface area contributed by atoms with E-state index < -0.39 is 0 Å². The van der Waals surface area contributed by atoms with Crippen LogP contribution in [0.3, 0.4) is 0 Å². The number of nitrogens with zero attached hydrogens (tertiary/aromatic N) is 3. The predicted molar refractivity (Wildman–Crippen MR) is 60.5 cm³/mol. The normalized spacial score (nSPS) is 27.7. The molecule has 2 rings (SSSR count). The first-order valence-corrected chi connectivity index (χ1v) is 6.21. The fraction of sp³-hybridized carbons (Fsp3) is 0.800. The summed E-state index contributed by atoms with van der Waals surface area (Å²) in [6, 6.07) is 0. The van der Waals surface area contributed by atoms with Gasteiger partial charge in [-0.15, -0.1) is 5.10 Å². The monoisotopic (exact) mass is 273 g/mol. The second-order valence-electron chi connectivity index (χ2n) is 4.26. The number of rotatable bonds is 1. The second-order valence-corrected chi connectivity index (χ2v) is 5.01. The molecular formula is C10H16BrN3O. The third kappa shape index (κ3) is 2.39. The minimum absolute atomic E-state index is 0.167. The van der Waals surface area contributed by atoms with Gasteiger partial charge in [-0.05, 0) is 35.2 Å². The average molecular weight is 274 g/mol. The Balaban J connectivity index is 2.21. The van der Waals surface area contributed by atoms with Crippen molar-refractivity contribution in [1.29, 1.82) is 0 Å². The summed E-state index contributed by atoms with van der Waals surface area (Å²) < 4.78 is 2.64. The molecule has 0 saturated heterocycles. The van der Waals surface area contributed by atoms with E-state index in [4.69, 9.17) is 0 Å². The Labute approximate surface area is 97.8 Å². The molecule has 5 heteroatoms. The van der Waals surface area contributed by atoms with Crippen LogP contribution in [0.1, 0.15) is 43.7 Å². The summed E-state index contributed by atoms with van der Waals surface area (Å²) >= 11 is 3.42. The van der Waals surface area contributed by atoms with E-state index in [9.17, 15) is 5.11 Å². The summed E-state index contributed by atoms with van der Waals surface area (Å²) in [4.78, 5) is 0. The molecule has 0 aromatic carbocycles. The number of halogens is 1. The van der Waals surface area contributed by atoms with Gasteiger partial charge in [0.25, 0.3) is 0 Å². The number of aryl methyl sites for hydroxylation is 1. The zero-order chi connectivity index (χ0) is 10.8. The quantitative estimate of drug-likeness (QED) is 0.797. The fourth-order valence-electron chi connectivity index (χ4n) is 2.36. The van der Waals surface area contributed by atoms with Gasteiger partial charge in [0.05, 0.1) is 11.8 Å². The van der Waals surface area contributed by atoms with Crippen molar-refractivity contribution in [3.63, 3.8) is 0 Å². The standard InChI is InChI=1S/C10H16BrN3O/c1-14-9(10(11)12-13-14)7-4-2-3-5-8(15)6-7/h7-8,15H,2-6H2,1H3. The Bertz CT molecular complexity index is 320. The van der Waals surface area contributed by atoms with Gasteiger partial charge in [-0.2, -0.15) is 0 Å². The van der Waals surface area contributed by atoms with E-state index in [-0.39, 0.29) is 6.10 Å². The Kier molecular flexibility index (Phi) is 3.41. The van der Waals surface area contributed by atoms with Crippen molar-refractivity contribution in [1.82, 2.24) is 15.0 Å². The molecule has 0 radical (unpaired) electrons. The Hall–Kier alpha value is -0.420. The Morgan fingerprint density at radius 2 is 2.13 bits per heavy atom. The van der Waals surface area contributed by atoms with Crippen LogP contribution in [0.25, 0.3) is 0 Å². The highest BCUT2D eigenvalue weighted by Crippen LogP contribution is 2.34. The van der Waals surface area contributed by atoms with E-state index in [1.807, 2.05) is 11.7 Å². The molecule has 0 spiro atoms. The van der Waals surface area contributed by atoms with Crippen molar-refractivity contribution in [2.45, 2.75) is 44.1 Å². The molecular weight excluding hydrogens is 258 g/mol. The Morgan fingerprint density at radius 1 is 1.40 bits per heavy atom. The summed E-state index contributed by atoms with van der Waals surface area (Å²) in [5, 5.41) is 17.8. The van der Waals surface area contributed by atoms with Crippen LogP contribution in [0.15, 0.2) is 4.60 Å². The molecule has 1 heterocycles. The van der Waals surface area contributed by atoms with Gasteiger partial charge in [0.15, 0.2) is 4.60 Å². The van der Waals surface area contributed by atoms with Crippen molar-refractivity contribution < 1.29 is 5.11 Å². The van der Waals surface area contributed by atoms with E-state index in [0.29, 0.717) is 5.92 Å². The molecule has 2 atom stereocenters. The molecule has 4 nitrogen and oxygen atoms in total. The van der Waals surface area contributed by atoms with Crippen molar-refractivity contribution in [2.75, 3.05) is 0 Å². The number of hydrogen-bond donors (Lipinski definition) is 1. The van der Waals surface area contributed by atoms with E-state index in [1.165, 1.54) is 6.42 Å². The van der Waals surface area contributed by atoms with Crippen LogP contribution in [0, 0.1) is 0 Å². The molecule has 1 aliphatic carbocycles. The lowest BCUT2D eigenvalue weighted by molar-refractivity contribution is 0.151. The smallest absolute Gasteiger partial charge is 0.151 e. The number of aliphatic hydroxyl groups is 1. The summed E-state index contributed by atoms with van der Waals surface area (Å²) in [6.45, 7) is 0.